The van der Waals surface area contributed by atoms with Gasteiger partial charge in [0.25, 0.3) is 17.7 Å². The van der Waals surface area contributed by atoms with E-state index in [-0.39, 0.29) is 23.8 Å². The van der Waals surface area contributed by atoms with Gasteiger partial charge in [0.2, 0.25) is 0 Å². The number of likely N-dealkylation sites (tertiary alicyclic amines) is 1. The van der Waals surface area contributed by atoms with Crippen LogP contribution in [0.2, 0.25) is 0 Å². The number of hydrogen-bond donors (Lipinski definition) is 1. The lowest BCUT2D eigenvalue weighted by Gasteiger charge is -2.33. The van der Waals surface area contributed by atoms with Crippen molar-refractivity contribution in [1.29, 1.82) is 0 Å². The summed E-state index contributed by atoms with van der Waals surface area (Å²) in [7, 11) is 0. The van der Waals surface area contributed by atoms with Gasteiger partial charge in [0.05, 0.1) is 23.4 Å². The molecule has 31 heavy (non-hydrogen) atoms. The standard InChI is InChI=1S/C24H29N3O4/c1-2-3-13-27-23(29)18-10-9-17(15-19(18)24(27)30)22(28)25-16-20(21-8-7-14-31-21)26-11-5-4-6-12-26/h7-10,14-15,20H,2-6,11-13,16H2,1H3,(H,25,28). The van der Waals surface area contributed by atoms with Crippen molar-refractivity contribution in [3.63, 3.8) is 0 Å². The molecule has 1 unspecified atom stereocenters. The van der Waals surface area contributed by atoms with E-state index in [0.717, 1.165) is 44.5 Å². The fourth-order valence-electron chi connectivity index (χ4n) is 4.36. The number of piperidine rings is 1. The second kappa shape index (κ2) is 9.47. The van der Waals surface area contributed by atoms with Gasteiger partial charge in [0, 0.05) is 18.7 Å². The van der Waals surface area contributed by atoms with Crippen molar-refractivity contribution in [3.05, 3.63) is 59.0 Å². The number of amides is 3. The molecular weight excluding hydrogens is 394 g/mol. The van der Waals surface area contributed by atoms with Crippen molar-refractivity contribution in [1.82, 2.24) is 15.1 Å². The van der Waals surface area contributed by atoms with Crippen molar-refractivity contribution < 1.29 is 18.8 Å². The molecular formula is C24H29N3O4. The van der Waals surface area contributed by atoms with Crippen LogP contribution in [0.4, 0.5) is 0 Å². The second-order valence-corrected chi connectivity index (χ2v) is 8.21. The second-order valence-electron chi connectivity index (χ2n) is 8.21. The average molecular weight is 424 g/mol. The van der Waals surface area contributed by atoms with E-state index in [0.29, 0.717) is 29.8 Å². The van der Waals surface area contributed by atoms with E-state index in [2.05, 4.69) is 10.2 Å². The minimum atomic E-state index is -0.315. The Labute approximate surface area is 182 Å². The molecule has 1 atom stereocenters. The van der Waals surface area contributed by atoms with Crippen LogP contribution in [-0.4, -0.2) is 53.7 Å². The Bertz CT molecular complexity index is 948. The van der Waals surface area contributed by atoms with Crippen molar-refractivity contribution in [2.24, 2.45) is 0 Å². The van der Waals surface area contributed by atoms with Gasteiger partial charge >= 0.3 is 0 Å². The largest absolute Gasteiger partial charge is 0.468 e. The maximum absolute atomic E-state index is 12.9. The SMILES string of the molecule is CCCCN1C(=O)c2ccc(C(=O)NCC(c3ccco3)N3CCCCC3)cc2C1=O. The highest BCUT2D eigenvalue weighted by Gasteiger charge is 2.35. The summed E-state index contributed by atoms with van der Waals surface area (Å²) in [5, 5.41) is 3.00. The molecule has 7 nitrogen and oxygen atoms in total. The van der Waals surface area contributed by atoms with E-state index >= 15 is 0 Å². The Hall–Kier alpha value is -2.93. The molecule has 7 heteroatoms. The number of nitrogens with one attached hydrogen (secondary N) is 1. The van der Waals surface area contributed by atoms with Gasteiger partial charge in [-0.15, -0.1) is 0 Å². The number of furan rings is 1. The molecule has 2 aliphatic rings. The van der Waals surface area contributed by atoms with Crippen LogP contribution in [0.3, 0.4) is 0 Å². The van der Waals surface area contributed by atoms with Crippen molar-refractivity contribution in [2.45, 2.75) is 45.1 Å². The molecule has 1 fully saturated rings. The highest BCUT2D eigenvalue weighted by molar-refractivity contribution is 6.22. The Balaban J connectivity index is 1.46. The van der Waals surface area contributed by atoms with Gasteiger partial charge < -0.3 is 9.73 Å². The van der Waals surface area contributed by atoms with Crippen LogP contribution in [0, 0.1) is 0 Å². The smallest absolute Gasteiger partial charge is 0.261 e. The lowest BCUT2D eigenvalue weighted by atomic mass is 10.0. The zero-order chi connectivity index (χ0) is 21.8. The predicted molar refractivity (Wildman–Crippen MR) is 116 cm³/mol. The first-order chi connectivity index (χ1) is 15.1. The van der Waals surface area contributed by atoms with Crippen molar-refractivity contribution in [2.75, 3.05) is 26.2 Å². The molecule has 1 aromatic heterocycles. The summed E-state index contributed by atoms with van der Waals surface area (Å²) in [5.74, 6) is -0.0135. The molecule has 2 aliphatic heterocycles. The van der Waals surface area contributed by atoms with Crippen LogP contribution < -0.4 is 5.32 Å². The van der Waals surface area contributed by atoms with Gasteiger partial charge in [-0.05, 0) is 62.7 Å². The van der Waals surface area contributed by atoms with Crippen LogP contribution in [0.5, 0.6) is 0 Å². The number of unbranched alkanes of at least 4 members (excludes halogenated alkanes) is 1. The molecule has 0 spiro atoms. The summed E-state index contributed by atoms with van der Waals surface area (Å²) in [6.45, 7) is 4.79. The highest BCUT2D eigenvalue weighted by atomic mass is 16.3. The molecule has 164 valence electrons. The van der Waals surface area contributed by atoms with E-state index in [9.17, 15) is 14.4 Å². The summed E-state index contributed by atoms with van der Waals surface area (Å²) < 4.78 is 5.64. The van der Waals surface area contributed by atoms with Crippen LogP contribution >= 0.6 is 0 Å². The first-order valence-electron chi connectivity index (χ1n) is 11.2. The van der Waals surface area contributed by atoms with Gasteiger partial charge in [0.1, 0.15) is 5.76 Å². The van der Waals surface area contributed by atoms with E-state index in [1.54, 1.807) is 24.5 Å². The molecule has 0 saturated carbocycles. The summed E-state index contributed by atoms with van der Waals surface area (Å²) in [5.41, 5.74) is 1.07. The molecule has 1 saturated heterocycles. The van der Waals surface area contributed by atoms with Crippen LogP contribution in [0.15, 0.2) is 41.0 Å². The third-order valence-corrected chi connectivity index (χ3v) is 6.13. The Morgan fingerprint density at radius 2 is 1.87 bits per heavy atom. The Kier molecular flexibility index (Phi) is 6.51. The molecule has 4 rings (SSSR count). The van der Waals surface area contributed by atoms with Gasteiger partial charge in [-0.2, -0.15) is 0 Å². The van der Waals surface area contributed by atoms with E-state index in [1.807, 2.05) is 19.1 Å². The summed E-state index contributed by atoms with van der Waals surface area (Å²) in [6, 6.07) is 8.52. The molecule has 0 aliphatic carbocycles. The van der Waals surface area contributed by atoms with Gasteiger partial charge in [-0.1, -0.05) is 19.8 Å². The lowest BCUT2D eigenvalue weighted by Crippen LogP contribution is -2.40. The quantitative estimate of drug-likeness (QED) is 0.656. The molecule has 3 amide bonds. The summed E-state index contributed by atoms with van der Waals surface area (Å²) in [4.78, 5) is 41.7. The van der Waals surface area contributed by atoms with Gasteiger partial charge in [-0.25, -0.2) is 0 Å². The first kappa shape index (κ1) is 21.3. The molecule has 0 bridgehead atoms. The molecule has 1 N–H and O–H groups in total. The number of hydrogen-bond acceptors (Lipinski definition) is 5. The van der Waals surface area contributed by atoms with E-state index in [1.165, 1.54) is 11.3 Å². The van der Waals surface area contributed by atoms with Gasteiger partial charge in [0.15, 0.2) is 0 Å². The van der Waals surface area contributed by atoms with Crippen LogP contribution in [0.25, 0.3) is 0 Å². The average Bonchev–Trinajstić information content (AvgIpc) is 3.41. The number of carbonyl (C=O) groups is 3. The highest BCUT2D eigenvalue weighted by Crippen LogP contribution is 2.26. The molecule has 1 aromatic carbocycles. The van der Waals surface area contributed by atoms with Crippen molar-refractivity contribution in [3.8, 4) is 0 Å². The molecule has 2 aromatic rings. The van der Waals surface area contributed by atoms with Gasteiger partial charge in [-0.3, -0.25) is 24.2 Å². The minimum absolute atomic E-state index is 0.0265. The maximum Gasteiger partial charge on any atom is 0.261 e. The number of benzene rings is 1. The first-order valence-corrected chi connectivity index (χ1v) is 11.2. The zero-order valence-corrected chi connectivity index (χ0v) is 17.9. The number of carbonyl (C=O) groups excluding carboxylic acids is 3. The third-order valence-electron chi connectivity index (χ3n) is 6.13. The topological polar surface area (TPSA) is 82.9 Å². The lowest BCUT2D eigenvalue weighted by molar-refractivity contribution is 0.0652. The van der Waals surface area contributed by atoms with Crippen LogP contribution in [-0.2, 0) is 0 Å². The molecule has 0 radical (unpaired) electrons. The zero-order valence-electron chi connectivity index (χ0n) is 17.9. The van der Waals surface area contributed by atoms with E-state index in [4.69, 9.17) is 4.42 Å². The predicted octanol–water partition coefficient (Wildman–Crippen LogP) is 3.63. The summed E-state index contributed by atoms with van der Waals surface area (Å²) in [6.07, 6.45) is 6.83. The number of nitrogens with zero attached hydrogens (tertiary/aromatic N) is 2. The summed E-state index contributed by atoms with van der Waals surface area (Å²) >= 11 is 0. The Morgan fingerprint density at radius 1 is 1.10 bits per heavy atom. The van der Waals surface area contributed by atoms with E-state index < -0.39 is 0 Å². The Morgan fingerprint density at radius 3 is 2.58 bits per heavy atom. The fraction of sp³-hybridized carbons (Fsp3) is 0.458. The monoisotopic (exact) mass is 423 g/mol. The van der Waals surface area contributed by atoms with Crippen LogP contribution in [0.1, 0.15) is 81.9 Å². The molecule has 3 heterocycles. The van der Waals surface area contributed by atoms with Crippen molar-refractivity contribution >= 4 is 17.7 Å². The fourth-order valence-corrected chi connectivity index (χ4v) is 4.36. The normalized spacial score (nSPS) is 17.6. The maximum atomic E-state index is 12.9. The number of rotatable bonds is 8. The number of fused-ring (bicyclic) bond motifs is 1. The number of imide groups is 1. The third kappa shape index (κ3) is 4.42. The minimum Gasteiger partial charge on any atom is -0.468 e.